The monoisotopic (exact) mass is 227 g/mol. The molecule has 0 aromatic rings. The van der Waals surface area contributed by atoms with E-state index < -0.39 is 0 Å². The number of nitrogens with zero attached hydrogens (tertiary/aromatic N) is 1. The van der Waals surface area contributed by atoms with Gasteiger partial charge in [-0.05, 0) is 31.6 Å². The van der Waals surface area contributed by atoms with Crippen molar-refractivity contribution in [1.82, 2.24) is 0 Å². The van der Waals surface area contributed by atoms with Crippen LogP contribution in [0.3, 0.4) is 0 Å². The molecule has 1 fully saturated rings. The van der Waals surface area contributed by atoms with Crippen molar-refractivity contribution in [1.29, 1.82) is 0 Å². The fourth-order valence-electron chi connectivity index (χ4n) is 3.73. The van der Waals surface area contributed by atoms with Crippen LogP contribution in [0.25, 0.3) is 0 Å². The predicted octanol–water partition coefficient (Wildman–Crippen LogP) is 3.05. The second-order valence-electron chi connectivity index (χ2n) is 5.30. The summed E-state index contributed by atoms with van der Waals surface area (Å²) in [7, 11) is 1.80. The Balaban J connectivity index is 2.25. The quantitative estimate of drug-likeness (QED) is 0.674. The van der Waals surface area contributed by atoms with Gasteiger partial charge in [0.25, 0.3) is 0 Å². The van der Waals surface area contributed by atoms with Crippen molar-refractivity contribution in [3.63, 3.8) is 0 Å². The van der Waals surface area contributed by atoms with Crippen LogP contribution in [-0.2, 0) is 4.74 Å². The first-order chi connectivity index (χ1) is 8.13. The molecule has 17 heavy (non-hydrogen) atoms. The van der Waals surface area contributed by atoms with Gasteiger partial charge >= 0.3 is 0 Å². The largest absolute Gasteiger partial charge is 0.379 e. The third-order valence-corrected chi connectivity index (χ3v) is 4.21. The summed E-state index contributed by atoms with van der Waals surface area (Å²) in [5.74, 6) is 0. The molecule has 0 bridgehead atoms. The van der Waals surface area contributed by atoms with Gasteiger partial charge in [-0.3, -0.25) is 4.99 Å². The Labute approximate surface area is 102 Å². The molecule has 0 amide bonds. The first kappa shape index (κ1) is 10.7. The van der Waals surface area contributed by atoms with E-state index in [1.807, 2.05) is 12.3 Å². The average Bonchev–Trinajstić information content (AvgIpc) is 2.51. The Morgan fingerprint density at radius 3 is 2.53 bits per heavy atom. The first-order valence-corrected chi connectivity index (χ1v) is 5.99. The van der Waals surface area contributed by atoms with Crippen LogP contribution < -0.4 is 0 Å². The Morgan fingerprint density at radius 1 is 1.12 bits per heavy atom. The summed E-state index contributed by atoms with van der Waals surface area (Å²) in [6.45, 7) is 4.47. The molecule has 1 saturated carbocycles. The molecule has 0 saturated heterocycles. The summed E-state index contributed by atoms with van der Waals surface area (Å²) in [5, 5.41) is 0. The summed E-state index contributed by atoms with van der Waals surface area (Å²) in [6.07, 6.45) is 14.8. The van der Waals surface area contributed by atoms with Gasteiger partial charge in [0.05, 0.1) is 11.8 Å². The maximum atomic E-state index is 5.74. The van der Waals surface area contributed by atoms with E-state index in [9.17, 15) is 0 Å². The Hall–Kier alpha value is -1.41. The fourth-order valence-corrected chi connectivity index (χ4v) is 3.73. The lowest BCUT2D eigenvalue weighted by Gasteiger charge is -2.59. The number of ether oxygens (including phenoxy) is 1. The van der Waals surface area contributed by atoms with Gasteiger partial charge in [0, 0.05) is 24.2 Å². The highest BCUT2D eigenvalue weighted by molar-refractivity contribution is 5.76. The number of rotatable bonds is 1. The molecule has 0 N–H and O–H groups in total. The molecule has 3 rings (SSSR count). The minimum atomic E-state index is -0.0334. The SMILES string of the molecule is COC1C2(C)C=CC=CC3=C2C1(C)C=CC=N3. The van der Waals surface area contributed by atoms with Crippen LogP contribution in [0.5, 0.6) is 0 Å². The molecule has 0 aromatic carbocycles. The van der Waals surface area contributed by atoms with E-state index in [4.69, 9.17) is 4.74 Å². The second kappa shape index (κ2) is 3.30. The van der Waals surface area contributed by atoms with Crippen LogP contribution in [0.2, 0.25) is 0 Å². The minimum absolute atomic E-state index is 0.0334. The summed E-state index contributed by atoms with van der Waals surface area (Å²) >= 11 is 0. The molecule has 3 unspecified atom stereocenters. The highest BCUT2D eigenvalue weighted by atomic mass is 16.5. The average molecular weight is 227 g/mol. The van der Waals surface area contributed by atoms with E-state index in [-0.39, 0.29) is 16.9 Å². The van der Waals surface area contributed by atoms with E-state index in [0.717, 1.165) is 5.70 Å². The van der Waals surface area contributed by atoms with Gasteiger partial charge in [0.2, 0.25) is 0 Å². The third-order valence-electron chi connectivity index (χ3n) is 4.21. The fraction of sp³-hybridized carbons (Fsp3) is 0.400. The summed E-state index contributed by atoms with van der Waals surface area (Å²) in [5.41, 5.74) is 2.38. The van der Waals surface area contributed by atoms with E-state index in [1.165, 1.54) is 5.57 Å². The standard InChI is InChI=1S/C15H17NO/c1-14-8-5-4-7-11-12(14)15(2,13(14)17-3)9-6-10-16-11/h4-10,13H,1-3H3. The Morgan fingerprint density at radius 2 is 1.82 bits per heavy atom. The highest BCUT2D eigenvalue weighted by Crippen LogP contribution is 2.63. The van der Waals surface area contributed by atoms with Gasteiger partial charge in [0.15, 0.2) is 0 Å². The normalized spacial score (nSPS) is 41.9. The van der Waals surface area contributed by atoms with Gasteiger partial charge in [0.1, 0.15) is 0 Å². The van der Waals surface area contributed by atoms with Gasteiger partial charge in [-0.2, -0.15) is 0 Å². The minimum Gasteiger partial charge on any atom is -0.379 e. The van der Waals surface area contributed by atoms with Crippen molar-refractivity contribution < 1.29 is 4.74 Å². The van der Waals surface area contributed by atoms with Crippen LogP contribution in [0.1, 0.15) is 13.8 Å². The molecular weight excluding hydrogens is 210 g/mol. The molecule has 0 aromatic heterocycles. The summed E-state index contributed by atoms with van der Waals surface area (Å²) < 4.78 is 5.74. The van der Waals surface area contributed by atoms with Crippen molar-refractivity contribution in [2.75, 3.05) is 7.11 Å². The van der Waals surface area contributed by atoms with Gasteiger partial charge in [-0.25, -0.2) is 0 Å². The van der Waals surface area contributed by atoms with Crippen molar-refractivity contribution in [3.8, 4) is 0 Å². The molecule has 2 nitrogen and oxygen atoms in total. The highest BCUT2D eigenvalue weighted by Gasteiger charge is 2.62. The van der Waals surface area contributed by atoms with E-state index >= 15 is 0 Å². The molecule has 3 atom stereocenters. The van der Waals surface area contributed by atoms with Crippen molar-refractivity contribution in [2.45, 2.75) is 20.0 Å². The molecule has 2 aliphatic carbocycles. The molecule has 3 aliphatic rings. The zero-order chi connectivity index (χ0) is 12.1. The summed E-state index contributed by atoms with van der Waals surface area (Å²) in [4.78, 5) is 4.53. The Bertz CT molecular complexity index is 467. The smallest absolute Gasteiger partial charge is 0.0824 e. The maximum absolute atomic E-state index is 5.74. The number of hydrogen-bond donors (Lipinski definition) is 0. The number of methoxy groups -OCH3 is 1. The van der Waals surface area contributed by atoms with Gasteiger partial charge < -0.3 is 4.74 Å². The van der Waals surface area contributed by atoms with Crippen molar-refractivity contribution in [3.05, 3.63) is 47.7 Å². The number of hydrogen-bond acceptors (Lipinski definition) is 2. The van der Waals surface area contributed by atoms with Crippen LogP contribution in [0, 0.1) is 10.8 Å². The van der Waals surface area contributed by atoms with Crippen LogP contribution in [0.4, 0.5) is 0 Å². The summed E-state index contributed by atoms with van der Waals surface area (Å²) in [6, 6.07) is 0. The zero-order valence-electron chi connectivity index (χ0n) is 10.5. The van der Waals surface area contributed by atoms with Crippen LogP contribution in [-0.4, -0.2) is 19.4 Å². The van der Waals surface area contributed by atoms with Gasteiger partial charge in [-0.15, -0.1) is 0 Å². The zero-order valence-corrected chi connectivity index (χ0v) is 10.5. The molecule has 88 valence electrons. The van der Waals surface area contributed by atoms with E-state index in [1.54, 1.807) is 7.11 Å². The number of aliphatic imine (C=N–C) groups is 1. The maximum Gasteiger partial charge on any atom is 0.0824 e. The van der Waals surface area contributed by atoms with Gasteiger partial charge in [-0.1, -0.05) is 24.3 Å². The molecule has 1 aliphatic heterocycles. The third kappa shape index (κ3) is 1.16. The molecular formula is C15H17NO. The number of allylic oxidation sites excluding steroid dienone is 4. The lowest BCUT2D eigenvalue weighted by atomic mass is 9.47. The Kier molecular flexibility index (Phi) is 2.08. The predicted molar refractivity (Wildman–Crippen MR) is 69.9 cm³/mol. The van der Waals surface area contributed by atoms with Crippen LogP contribution >= 0.6 is 0 Å². The van der Waals surface area contributed by atoms with E-state index in [0.29, 0.717) is 0 Å². The molecule has 0 radical (unpaired) electrons. The first-order valence-electron chi connectivity index (χ1n) is 5.99. The van der Waals surface area contributed by atoms with Crippen molar-refractivity contribution >= 4 is 6.21 Å². The molecule has 0 spiro atoms. The molecule has 2 heteroatoms. The topological polar surface area (TPSA) is 21.6 Å². The lowest BCUT2D eigenvalue weighted by molar-refractivity contribution is -0.0829. The molecule has 1 heterocycles. The lowest BCUT2D eigenvalue weighted by Crippen LogP contribution is -2.59. The second-order valence-corrected chi connectivity index (χ2v) is 5.30. The van der Waals surface area contributed by atoms with Crippen LogP contribution in [0.15, 0.2) is 52.7 Å². The van der Waals surface area contributed by atoms with E-state index in [2.05, 4.69) is 49.2 Å². The van der Waals surface area contributed by atoms with Crippen molar-refractivity contribution in [2.24, 2.45) is 15.8 Å².